The second kappa shape index (κ2) is 8.03. The van der Waals surface area contributed by atoms with Gasteiger partial charge < -0.3 is 14.8 Å². The Labute approximate surface area is 172 Å². The maximum absolute atomic E-state index is 12.9. The van der Waals surface area contributed by atoms with E-state index in [0.717, 1.165) is 5.69 Å². The molecular weight excluding hydrogens is 378 g/mol. The Morgan fingerprint density at radius 2 is 1.82 bits per heavy atom. The number of benzene rings is 1. The van der Waals surface area contributed by atoms with Crippen molar-refractivity contribution in [3.8, 4) is 11.5 Å². The lowest BCUT2D eigenvalue weighted by atomic mass is 9.92. The van der Waals surface area contributed by atoms with Crippen molar-refractivity contribution in [1.82, 2.24) is 9.78 Å². The van der Waals surface area contributed by atoms with Crippen LogP contribution in [-0.4, -0.2) is 29.4 Å². The molecule has 154 valence electrons. The number of methoxy groups -OCH3 is 1. The second-order valence-corrected chi connectivity index (χ2v) is 9.03. The molecule has 2 rings (SSSR count). The fourth-order valence-electron chi connectivity index (χ4n) is 2.67. The van der Waals surface area contributed by atoms with Gasteiger partial charge in [0.1, 0.15) is 5.82 Å². The van der Waals surface area contributed by atoms with Gasteiger partial charge >= 0.3 is 0 Å². The zero-order valence-electron chi connectivity index (χ0n) is 17.9. The van der Waals surface area contributed by atoms with Crippen molar-refractivity contribution >= 4 is 23.3 Å². The highest BCUT2D eigenvalue weighted by atomic mass is 35.5. The minimum absolute atomic E-state index is 0.137. The lowest BCUT2D eigenvalue weighted by Crippen LogP contribution is -2.27. The van der Waals surface area contributed by atoms with Crippen molar-refractivity contribution in [3.05, 3.63) is 34.5 Å². The highest BCUT2D eigenvalue weighted by molar-refractivity contribution is 6.32. The minimum Gasteiger partial charge on any atom is -0.493 e. The van der Waals surface area contributed by atoms with Gasteiger partial charge in [0.05, 0.1) is 30.0 Å². The molecule has 0 aliphatic heterocycles. The van der Waals surface area contributed by atoms with Crippen LogP contribution in [0, 0.1) is 0 Å². The first kappa shape index (κ1) is 22.1. The third-order valence-electron chi connectivity index (χ3n) is 4.14. The molecule has 0 saturated heterocycles. The van der Waals surface area contributed by atoms with Gasteiger partial charge in [0, 0.05) is 17.0 Å². The number of amides is 1. The minimum atomic E-state index is -0.297. The molecule has 0 bridgehead atoms. The van der Waals surface area contributed by atoms with Crippen molar-refractivity contribution in [1.29, 1.82) is 0 Å². The number of nitrogens with one attached hydrogen (secondary N) is 1. The standard InChI is InChI=1S/C21H30ClN3O3/c1-9-28-18-14(22)10-13(11-15(18)27-8)19(26)23-17-12-16(20(2,3)4)24-25(17)21(5,6)7/h10-12H,9H2,1-8H3,(H,23,26). The number of ether oxygens (including phenoxy) is 2. The lowest BCUT2D eigenvalue weighted by molar-refractivity contribution is 0.102. The summed E-state index contributed by atoms with van der Waals surface area (Å²) in [5, 5.41) is 8.01. The predicted octanol–water partition coefficient (Wildman–Crippen LogP) is 5.25. The molecule has 0 spiro atoms. The summed E-state index contributed by atoms with van der Waals surface area (Å²) >= 11 is 6.30. The Kier molecular flexibility index (Phi) is 6.34. The number of nitrogens with zero attached hydrogens (tertiary/aromatic N) is 2. The van der Waals surface area contributed by atoms with Crippen LogP contribution in [0.2, 0.25) is 5.02 Å². The average Bonchev–Trinajstić information content (AvgIpc) is 3.01. The van der Waals surface area contributed by atoms with Crippen molar-refractivity contribution in [3.63, 3.8) is 0 Å². The number of rotatable bonds is 5. The Bertz CT molecular complexity index is 861. The Morgan fingerprint density at radius 3 is 2.32 bits per heavy atom. The highest BCUT2D eigenvalue weighted by Gasteiger charge is 2.26. The molecule has 28 heavy (non-hydrogen) atoms. The first-order chi connectivity index (χ1) is 12.9. The van der Waals surface area contributed by atoms with Gasteiger partial charge in [-0.3, -0.25) is 4.79 Å². The van der Waals surface area contributed by atoms with Gasteiger partial charge in [0.15, 0.2) is 11.5 Å². The lowest BCUT2D eigenvalue weighted by Gasteiger charge is -2.23. The first-order valence-corrected chi connectivity index (χ1v) is 9.69. The molecule has 0 saturated carbocycles. The van der Waals surface area contributed by atoms with E-state index in [1.165, 1.54) is 7.11 Å². The largest absolute Gasteiger partial charge is 0.493 e. The van der Waals surface area contributed by atoms with Crippen LogP contribution in [0.15, 0.2) is 18.2 Å². The number of carbonyl (C=O) groups excluding carboxylic acids is 1. The molecule has 0 aliphatic rings. The van der Waals surface area contributed by atoms with Crippen molar-refractivity contribution in [2.45, 2.75) is 59.4 Å². The predicted molar refractivity (Wildman–Crippen MR) is 113 cm³/mol. The maximum Gasteiger partial charge on any atom is 0.257 e. The molecule has 0 atom stereocenters. The van der Waals surface area contributed by atoms with E-state index in [0.29, 0.717) is 34.5 Å². The van der Waals surface area contributed by atoms with Crippen LogP contribution in [0.5, 0.6) is 11.5 Å². The molecular formula is C21H30ClN3O3. The number of anilines is 1. The summed E-state index contributed by atoms with van der Waals surface area (Å²) in [4.78, 5) is 12.9. The SMILES string of the molecule is CCOc1c(Cl)cc(C(=O)Nc2cc(C(C)(C)C)nn2C(C)(C)C)cc1OC. The summed E-state index contributed by atoms with van der Waals surface area (Å²) in [6, 6.07) is 5.11. The summed E-state index contributed by atoms with van der Waals surface area (Å²) in [6.07, 6.45) is 0. The van der Waals surface area contributed by atoms with E-state index in [1.54, 1.807) is 12.1 Å². The van der Waals surface area contributed by atoms with E-state index in [1.807, 2.05) is 38.4 Å². The number of carbonyl (C=O) groups is 1. The Balaban J connectivity index is 2.42. The molecule has 1 N–H and O–H groups in total. The van der Waals surface area contributed by atoms with E-state index in [2.05, 4.69) is 26.1 Å². The molecule has 0 radical (unpaired) electrons. The van der Waals surface area contributed by atoms with E-state index in [9.17, 15) is 4.79 Å². The van der Waals surface area contributed by atoms with Crippen molar-refractivity contribution in [2.75, 3.05) is 19.0 Å². The smallest absolute Gasteiger partial charge is 0.257 e. The van der Waals surface area contributed by atoms with Crippen LogP contribution in [-0.2, 0) is 11.0 Å². The van der Waals surface area contributed by atoms with Gasteiger partial charge in [-0.1, -0.05) is 32.4 Å². The van der Waals surface area contributed by atoms with Gasteiger partial charge in [-0.15, -0.1) is 0 Å². The van der Waals surface area contributed by atoms with E-state index >= 15 is 0 Å². The van der Waals surface area contributed by atoms with Crippen LogP contribution >= 0.6 is 11.6 Å². The molecule has 1 aromatic heterocycles. The highest BCUT2D eigenvalue weighted by Crippen LogP contribution is 2.37. The van der Waals surface area contributed by atoms with E-state index in [4.69, 9.17) is 26.2 Å². The fraction of sp³-hybridized carbons (Fsp3) is 0.524. The summed E-state index contributed by atoms with van der Waals surface area (Å²) in [6.45, 7) is 14.7. The van der Waals surface area contributed by atoms with Crippen molar-refractivity contribution in [2.24, 2.45) is 0 Å². The average molecular weight is 408 g/mol. The van der Waals surface area contributed by atoms with Crippen LogP contribution < -0.4 is 14.8 Å². The second-order valence-electron chi connectivity index (χ2n) is 8.62. The summed E-state index contributed by atoms with van der Waals surface area (Å²) in [7, 11) is 1.51. The van der Waals surface area contributed by atoms with Gasteiger partial charge in [0.2, 0.25) is 0 Å². The zero-order chi connectivity index (χ0) is 21.3. The normalized spacial score (nSPS) is 12.0. The third kappa shape index (κ3) is 4.79. The molecule has 0 aliphatic carbocycles. The molecule has 7 heteroatoms. The first-order valence-electron chi connectivity index (χ1n) is 9.31. The molecule has 6 nitrogen and oxygen atoms in total. The van der Waals surface area contributed by atoms with Gasteiger partial charge in [0.25, 0.3) is 5.91 Å². The summed E-state index contributed by atoms with van der Waals surface area (Å²) in [5.41, 5.74) is 0.853. The number of aromatic nitrogens is 2. The number of halogens is 1. The monoisotopic (exact) mass is 407 g/mol. The van der Waals surface area contributed by atoms with Crippen LogP contribution in [0.1, 0.15) is 64.5 Å². The Hall–Kier alpha value is -2.21. The zero-order valence-corrected chi connectivity index (χ0v) is 18.7. The molecule has 1 amide bonds. The number of hydrogen-bond acceptors (Lipinski definition) is 4. The quantitative estimate of drug-likeness (QED) is 0.735. The van der Waals surface area contributed by atoms with E-state index < -0.39 is 0 Å². The van der Waals surface area contributed by atoms with Crippen LogP contribution in [0.3, 0.4) is 0 Å². The molecule has 1 aromatic carbocycles. The van der Waals surface area contributed by atoms with Gasteiger partial charge in [-0.25, -0.2) is 4.68 Å². The topological polar surface area (TPSA) is 65.4 Å². The molecule has 2 aromatic rings. The Morgan fingerprint density at radius 1 is 1.18 bits per heavy atom. The van der Waals surface area contributed by atoms with Crippen LogP contribution in [0.25, 0.3) is 0 Å². The number of hydrogen-bond donors (Lipinski definition) is 1. The van der Waals surface area contributed by atoms with Crippen molar-refractivity contribution < 1.29 is 14.3 Å². The summed E-state index contributed by atoms with van der Waals surface area (Å²) < 4.78 is 12.7. The van der Waals surface area contributed by atoms with Gasteiger partial charge in [-0.05, 0) is 39.8 Å². The fourth-order valence-corrected chi connectivity index (χ4v) is 2.94. The van der Waals surface area contributed by atoms with E-state index in [-0.39, 0.29) is 16.9 Å². The molecule has 0 unspecified atom stereocenters. The van der Waals surface area contributed by atoms with Crippen LogP contribution in [0.4, 0.5) is 5.82 Å². The maximum atomic E-state index is 12.9. The molecule has 0 fully saturated rings. The third-order valence-corrected chi connectivity index (χ3v) is 4.42. The van der Waals surface area contributed by atoms with Gasteiger partial charge in [-0.2, -0.15) is 5.10 Å². The molecule has 1 heterocycles. The summed E-state index contributed by atoms with van der Waals surface area (Å²) in [5.74, 6) is 1.18.